The molecule has 0 fully saturated rings. The Morgan fingerprint density at radius 1 is 1.28 bits per heavy atom. The Balaban J connectivity index is 2.14. The van der Waals surface area contributed by atoms with Crippen molar-refractivity contribution in [3.63, 3.8) is 0 Å². The van der Waals surface area contributed by atoms with Crippen LogP contribution in [0.5, 0.6) is 0 Å². The molecule has 1 N–H and O–H groups in total. The highest BCUT2D eigenvalue weighted by Crippen LogP contribution is 2.24. The molecule has 0 amide bonds. The van der Waals surface area contributed by atoms with Gasteiger partial charge in [0.05, 0.1) is 9.26 Å². The van der Waals surface area contributed by atoms with Gasteiger partial charge in [-0.25, -0.2) is 4.39 Å². The van der Waals surface area contributed by atoms with Gasteiger partial charge < -0.3 is 5.32 Å². The van der Waals surface area contributed by atoms with Gasteiger partial charge in [0.25, 0.3) is 0 Å². The molecule has 1 nitrogen and oxygen atoms in total. The third-order valence-electron chi connectivity index (χ3n) is 2.44. The number of benzene rings is 2. The van der Waals surface area contributed by atoms with Gasteiger partial charge >= 0.3 is 0 Å². The molecule has 0 aliphatic rings. The van der Waals surface area contributed by atoms with Crippen LogP contribution in [-0.2, 0) is 6.54 Å². The van der Waals surface area contributed by atoms with E-state index < -0.39 is 0 Å². The van der Waals surface area contributed by atoms with Crippen LogP contribution in [0.1, 0.15) is 5.56 Å². The van der Waals surface area contributed by atoms with Crippen LogP contribution in [-0.4, -0.2) is 0 Å². The van der Waals surface area contributed by atoms with E-state index in [2.05, 4.69) is 21.2 Å². The van der Waals surface area contributed by atoms with E-state index in [1.54, 1.807) is 6.07 Å². The van der Waals surface area contributed by atoms with Gasteiger partial charge in [-0.2, -0.15) is 0 Å². The summed E-state index contributed by atoms with van der Waals surface area (Å²) in [7, 11) is 0. The van der Waals surface area contributed by atoms with Crippen LogP contribution in [0, 0.1) is 9.39 Å². The monoisotopic (exact) mass is 439 g/mol. The predicted molar refractivity (Wildman–Crippen MR) is 85.6 cm³/mol. The summed E-state index contributed by atoms with van der Waals surface area (Å²) in [6, 6.07) is 10.7. The lowest BCUT2D eigenvalue weighted by atomic mass is 10.2. The van der Waals surface area contributed by atoms with Gasteiger partial charge in [-0.15, -0.1) is 0 Å². The summed E-state index contributed by atoms with van der Waals surface area (Å²) >= 11 is 11.5. The van der Waals surface area contributed by atoms with Gasteiger partial charge in [-0.05, 0) is 52.4 Å². The topological polar surface area (TPSA) is 12.0 Å². The molecule has 2 aromatic carbocycles. The van der Waals surface area contributed by atoms with Crippen LogP contribution in [0.2, 0.25) is 5.02 Å². The van der Waals surface area contributed by atoms with Crippen LogP contribution in [0.4, 0.5) is 10.1 Å². The van der Waals surface area contributed by atoms with E-state index >= 15 is 0 Å². The predicted octanol–water partition coefficient (Wildman–Crippen LogP) is 5.46. The molecular weight excluding hydrogens is 431 g/mol. The average molecular weight is 440 g/mol. The Labute approximate surface area is 132 Å². The molecule has 0 aliphatic carbocycles. The van der Waals surface area contributed by atoms with Crippen LogP contribution in [0.15, 0.2) is 40.9 Å². The maximum atomic E-state index is 13.4. The summed E-state index contributed by atoms with van der Waals surface area (Å²) in [5.74, 6) is -0.220. The maximum absolute atomic E-state index is 13.4. The van der Waals surface area contributed by atoms with E-state index in [1.807, 2.05) is 46.9 Å². The first kappa shape index (κ1) is 14.1. The van der Waals surface area contributed by atoms with E-state index in [0.717, 1.165) is 15.7 Å². The highest BCUT2D eigenvalue weighted by Gasteiger charge is 2.06. The number of rotatable bonds is 3. The molecule has 94 valence electrons. The molecule has 5 heteroatoms. The zero-order chi connectivity index (χ0) is 13.1. The van der Waals surface area contributed by atoms with Crippen molar-refractivity contribution >= 4 is 55.8 Å². The number of nitrogens with one attached hydrogen (secondary N) is 1. The zero-order valence-corrected chi connectivity index (χ0v) is 13.7. The summed E-state index contributed by atoms with van der Waals surface area (Å²) < 4.78 is 14.9. The van der Waals surface area contributed by atoms with Gasteiger partial charge in [0, 0.05) is 16.0 Å². The first-order valence-electron chi connectivity index (χ1n) is 5.20. The van der Waals surface area contributed by atoms with Crippen molar-refractivity contribution in [2.24, 2.45) is 0 Å². The van der Waals surface area contributed by atoms with Crippen molar-refractivity contribution in [1.29, 1.82) is 0 Å². The van der Waals surface area contributed by atoms with Crippen molar-refractivity contribution < 1.29 is 4.39 Å². The lowest BCUT2D eigenvalue weighted by Gasteiger charge is -2.10. The highest BCUT2D eigenvalue weighted by atomic mass is 127. The fourth-order valence-electron chi connectivity index (χ4n) is 1.50. The first-order valence-corrected chi connectivity index (χ1v) is 7.44. The molecule has 0 atom stereocenters. The summed E-state index contributed by atoms with van der Waals surface area (Å²) in [5.41, 5.74) is 1.74. The minimum Gasteiger partial charge on any atom is -0.380 e. The Morgan fingerprint density at radius 2 is 2.06 bits per heavy atom. The Bertz CT molecular complexity index is 577. The first-order chi connectivity index (χ1) is 8.58. The second-order valence-electron chi connectivity index (χ2n) is 3.69. The lowest BCUT2D eigenvalue weighted by molar-refractivity contribution is 0.621. The Morgan fingerprint density at radius 3 is 2.78 bits per heavy atom. The second-order valence-corrected chi connectivity index (χ2v) is 6.09. The third-order valence-corrected chi connectivity index (χ3v) is 4.38. The smallest absolute Gasteiger partial charge is 0.138 e. The van der Waals surface area contributed by atoms with Crippen molar-refractivity contribution in [2.75, 3.05) is 5.32 Å². The normalized spacial score (nSPS) is 10.4. The fourth-order valence-corrected chi connectivity index (χ4v) is 2.79. The molecule has 0 aliphatic heterocycles. The molecular formula is C13H9BrClFIN. The SMILES string of the molecule is Fc1cccc(NCc2ccc(Br)cc2Cl)c1I. The van der Waals surface area contributed by atoms with Crippen molar-refractivity contribution in [3.8, 4) is 0 Å². The summed E-state index contributed by atoms with van der Waals surface area (Å²) in [4.78, 5) is 0. The van der Waals surface area contributed by atoms with Crippen molar-refractivity contribution in [3.05, 3.63) is 60.8 Å². The quantitative estimate of drug-likeness (QED) is 0.625. The average Bonchev–Trinajstić information content (AvgIpc) is 2.33. The Kier molecular flexibility index (Phi) is 4.86. The molecule has 18 heavy (non-hydrogen) atoms. The van der Waals surface area contributed by atoms with Gasteiger partial charge in [0.15, 0.2) is 0 Å². The number of anilines is 1. The van der Waals surface area contributed by atoms with E-state index in [4.69, 9.17) is 11.6 Å². The largest absolute Gasteiger partial charge is 0.380 e. The standard InChI is InChI=1S/C13H9BrClFIN/c14-9-5-4-8(10(15)6-9)7-18-12-3-1-2-11(16)13(12)17/h1-6,18H,7H2. The molecule has 2 rings (SSSR count). The number of hydrogen-bond donors (Lipinski definition) is 1. The molecule has 0 aromatic heterocycles. The minimum absolute atomic E-state index is 0.220. The molecule has 0 spiro atoms. The molecule has 0 saturated heterocycles. The number of hydrogen-bond acceptors (Lipinski definition) is 1. The Hall–Kier alpha value is -0.330. The summed E-state index contributed by atoms with van der Waals surface area (Å²) in [6.45, 7) is 0.561. The van der Waals surface area contributed by atoms with Gasteiger partial charge in [0.1, 0.15) is 5.82 Å². The van der Waals surface area contributed by atoms with Crippen LogP contribution >= 0.6 is 50.1 Å². The van der Waals surface area contributed by atoms with E-state index in [0.29, 0.717) is 15.1 Å². The minimum atomic E-state index is -0.220. The van der Waals surface area contributed by atoms with Crippen LogP contribution < -0.4 is 5.32 Å². The lowest BCUT2D eigenvalue weighted by Crippen LogP contribution is -2.02. The second kappa shape index (κ2) is 6.21. The maximum Gasteiger partial charge on any atom is 0.138 e. The van der Waals surface area contributed by atoms with E-state index in [-0.39, 0.29) is 5.82 Å². The van der Waals surface area contributed by atoms with E-state index in [1.165, 1.54) is 6.07 Å². The molecule has 2 aromatic rings. The van der Waals surface area contributed by atoms with Gasteiger partial charge in [0.2, 0.25) is 0 Å². The van der Waals surface area contributed by atoms with Gasteiger partial charge in [-0.3, -0.25) is 0 Å². The fraction of sp³-hybridized carbons (Fsp3) is 0.0769. The number of halogens is 4. The van der Waals surface area contributed by atoms with Crippen LogP contribution in [0.3, 0.4) is 0 Å². The highest BCUT2D eigenvalue weighted by molar-refractivity contribution is 14.1. The molecule has 0 saturated carbocycles. The van der Waals surface area contributed by atoms with Crippen molar-refractivity contribution in [2.45, 2.75) is 6.54 Å². The van der Waals surface area contributed by atoms with Crippen molar-refractivity contribution in [1.82, 2.24) is 0 Å². The molecule has 0 bridgehead atoms. The summed E-state index contributed by atoms with van der Waals surface area (Å²) in [6.07, 6.45) is 0. The van der Waals surface area contributed by atoms with E-state index in [9.17, 15) is 4.39 Å². The third kappa shape index (κ3) is 3.36. The zero-order valence-electron chi connectivity index (χ0n) is 9.18. The van der Waals surface area contributed by atoms with Gasteiger partial charge in [-0.1, -0.05) is 39.7 Å². The molecule has 0 unspecified atom stereocenters. The molecule has 0 radical (unpaired) electrons. The summed E-state index contributed by atoms with van der Waals surface area (Å²) in [5, 5.41) is 3.87. The molecule has 0 heterocycles. The van der Waals surface area contributed by atoms with Crippen LogP contribution in [0.25, 0.3) is 0 Å².